The maximum Gasteiger partial charge on any atom is 0.0543 e. The summed E-state index contributed by atoms with van der Waals surface area (Å²) in [7, 11) is 0. The van der Waals surface area contributed by atoms with Crippen LogP contribution in [0.2, 0.25) is 0 Å². The molecule has 2 aliphatic rings. The molecule has 0 spiro atoms. The number of benzene rings is 1. The molecular weight excluding hydrogens is 222 g/mol. The Labute approximate surface area is 109 Å². The molecule has 0 aliphatic heterocycles. The molecule has 1 saturated carbocycles. The van der Waals surface area contributed by atoms with Crippen LogP contribution in [0.1, 0.15) is 49.3 Å². The predicted octanol–water partition coefficient (Wildman–Crippen LogP) is 2.81. The molecule has 2 aliphatic carbocycles. The molecule has 0 radical (unpaired) electrons. The Morgan fingerprint density at radius 1 is 1.17 bits per heavy atom. The van der Waals surface area contributed by atoms with Gasteiger partial charge in [0, 0.05) is 6.04 Å². The summed E-state index contributed by atoms with van der Waals surface area (Å²) in [5.74, 6) is 0.668. The molecule has 2 N–H and O–H groups in total. The number of aliphatic hydroxyl groups excluding tert-OH is 1. The third-order valence-electron chi connectivity index (χ3n) is 4.54. The number of hydrogen-bond donors (Lipinski definition) is 2. The van der Waals surface area contributed by atoms with Crippen molar-refractivity contribution in [2.24, 2.45) is 5.92 Å². The lowest BCUT2D eigenvalue weighted by Gasteiger charge is -2.27. The van der Waals surface area contributed by atoms with E-state index in [1.165, 1.54) is 36.8 Å². The van der Waals surface area contributed by atoms with Crippen LogP contribution in [0.5, 0.6) is 0 Å². The molecule has 2 nitrogen and oxygen atoms in total. The number of nitrogens with one attached hydrogen (secondary N) is 1. The Bertz CT molecular complexity index is 404. The number of rotatable bonds is 3. The summed E-state index contributed by atoms with van der Waals surface area (Å²) in [5, 5.41) is 13.4. The average Bonchev–Trinajstić information content (AvgIpc) is 2.80. The highest BCUT2D eigenvalue weighted by molar-refractivity contribution is 5.34. The molecule has 0 amide bonds. The summed E-state index contributed by atoms with van der Waals surface area (Å²) in [6.07, 6.45) is 6.84. The Kier molecular flexibility index (Phi) is 3.67. The second kappa shape index (κ2) is 5.41. The highest BCUT2D eigenvalue weighted by Crippen LogP contribution is 2.31. The van der Waals surface area contributed by atoms with E-state index in [1.807, 2.05) is 0 Å². The molecule has 2 heteroatoms. The van der Waals surface area contributed by atoms with E-state index in [1.54, 1.807) is 0 Å². The first-order valence-electron chi connectivity index (χ1n) is 7.32. The number of aliphatic hydroxyl groups is 1. The van der Waals surface area contributed by atoms with Gasteiger partial charge in [0.2, 0.25) is 0 Å². The zero-order valence-corrected chi connectivity index (χ0v) is 10.9. The van der Waals surface area contributed by atoms with Gasteiger partial charge in [0.15, 0.2) is 0 Å². The van der Waals surface area contributed by atoms with Gasteiger partial charge in [-0.15, -0.1) is 0 Å². The van der Waals surface area contributed by atoms with Crippen LogP contribution in [0, 0.1) is 5.92 Å². The van der Waals surface area contributed by atoms with Crippen LogP contribution in [0.4, 0.5) is 0 Å². The lowest BCUT2D eigenvalue weighted by atomic mass is 9.87. The third kappa shape index (κ3) is 2.60. The Hall–Kier alpha value is -0.860. The topological polar surface area (TPSA) is 32.3 Å². The van der Waals surface area contributed by atoms with Crippen LogP contribution < -0.4 is 5.32 Å². The van der Waals surface area contributed by atoms with E-state index >= 15 is 0 Å². The largest absolute Gasteiger partial charge is 0.393 e. The van der Waals surface area contributed by atoms with Crippen molar-refractivity contribution in [3.05, 3.63) is 35.4 Å². The van der Waals surface area contributed by atoms with E-state index < -0.39 is 0 Å². The highest BCUT2D eigenvalue weighted by atomic mass is 16.3. The van der Waals surface area contributed by atoms with E-state index in [4.69, 9.17) is 0 Å². The molecule has 98 valence electrons. The van der Waals surface area contributed by atoms with Crippen molar-refractivity contribution >= 4 is 0 Å². The lowest BCUT2D eigenvalue weighted by Crippen LogP contribution is -2.30. The third-order valence-corrected chi connectivity index (χ3v) is 4.54. The van der Waals surface area contributed by atoms with E-state index in [9.17, 15) is 5.11 Å². The Morgan fingerprint density at radius 3 is 2.94 bits per heavy atom. The first-order chi connectivity index (χ1) is 8.83. The molecule has 3 rings (SSSR count). The highest BCUT2D eigenvalue weighted by Gasteiger charge is 2.24. The molecule has 1 aromatic rings. The zero-order valence-electron chi connectivity index (χ0n) is 10.9. The fourth-order valence-corrected chi connectivity index (χ4v) is 3.53. The number of hydrogen-bond acceptors (Lipinski definition) is 2. The van der Waals surface area contributed by atoms with Crippen molar-refractivity contribution in [1.82, 2.24) is 5.32 Å². The van der Waals surface area contributed by atoms with Gasteiger partial charge in [-0.3, -0.25) is 0 Å². The van der Waals surface area contributed by atoms with Gasteiger partial charge >= 0.3 is 0 Å². The van der Waals surface area contributed by atoms with Crippen molar-refractivity contribution in [1.29, 1.82) is 0 Å². The van der Waals surface area contributed by atoms with Crippen molar-refractivity contribution in [3.8, 4) is 0 Å². The Balaban J connectivity index is 1.55. The van der Waals surface area contributed by atoms with Crippen molar-refractivity contribution < 1.29 is 5.11 Å². The maximum atomic E-state index is 9.70. The van der Waals surface area contributed by atoms with Crippen LogP contribution in [0.25, 0.3) is 0 Å². The van der Waals surface area contributed by atoms with Gasteiger partial charge < -0.3 is 10.4 Å². The smallest absolute Gasteiger partial charge is 0.0543 e. The SMILES string of the molecule is OC1CCCC(CNC2CCc3ccccc32)C1. The molecule has 0 bridgehead atoms. The van der Waals surface area contributed by atoms with E-state index in [0.29, 0.717) is 12.0 Å². The Morgan fingerprint density at radius 2 is 2.06 bits per heavy atom. The van der Waals surface area contributed by atoms with E-state index in [0.717, 1.165) is 19.4 Å². The van der Waals surface area contributed by atoms with Gasteiger partial charge in [0.25, 0.3) is 0 Å². The van der Waals surface area contributed by atoms with Gasteiger partial charge in [0.05, 0.1) is 6.10 Å². The fraction of sp³-hybridized carbons (Fsp3) is 0.625. The van der Waals surface area contributed by atoms with E-state index in [2.05, 4.69) is 29.6 Å². The molecule has 3 unspecified atom stereocenters. The average molecular weight is 245 g/mol. The predicted molar refractivity (Wildman–Crippen MR) is 73.5 cm³/mol. The molecule has 18 heavy (non-hydrogen) atoms. The fourth-order valence-electron chi connectivity index (χ4n) is 3.53. The lowest BCUT2D eigenvalue weighted by molar-refractivity contribution is 0.0996. The normalized spacial score (nSPS) is 31.3. The minimum Gasteiger partial charge on any atom is -0.393 e. The molecule has 0 saturated heterocycles. The standard InChI is InChI=1S/C16H23NO/c18-14-6-3-4-12(10-14)11-17-16-9-8-13-5-1-2-7-15(13)16/h1-2,5,7,12,14,16-18H,3-4,6,8-11H2. The van der Waals surface area contributed by atoms with Crippen LogP contribution in [0.3, 0.4) is 0 Å². The van der Waals surface area contributed by atoms with Gasteiger partial charge in [-0.2, -0.15) is 0 Å². The number of fused-ring (bicyclic) bond motifs is 1. The van der Waals surface area contributed by atoms with E-state index in [-0.39, 0.29) is 6.10 Å². The molecular formula is C16H23NO. The molecule has 1 aromatic carbocycles. The first kappa shape index (κ1) is 12.2. The van der Waals surface area contributed by atoms with Crippen molar-refractivity contribution in [2.75, 3.05) is 6.54 Å². The maximum absolute atomic E-state index is 9.70. The summed E-state index contributed by atoms with van der Waals surface area (Å²) in [6.45, 7) is 1.07. The summed E-state index contributed by atoms with van der Waals surface area (Å²) in [5.41, 5.74) is 3.01. The first-order valence-corrected chi connectivity index (χ1v) is 7.32. The minimum absolute atomic E-state index is 0.0542. The monoisotopic (exact) mass is 245 g/mol. The van der Waals surface area contributed by atoms with Crippen LogP contribution >= 0.6 is 0 Å². The summed E-state index contributed by atoms with van der Waals surface area (Å²) < 4.78 is 0. The summed E-state index contributed by atoms with van der Waals surface area (Å²) >= 11 is 0. The molecule has 0 aromatic heterocycles. The quantitative estimate of drug-likeness (QED) is 0.858. The summed E-state index contributed by atoms with van der Waals surface area (Å²) in [6, 6.07) is 9.33. The number of aryl methyl sites for hydroxylation is 1. The van der Waals surface area contributed by atoms with Gasteiger partial charge in [-0.05, 0) is 55.7 Å². The summed E-state index contributed by atoms with van der Waals surface area (Å²) in [4.78, 5) is 0. The molecule has 0 heterocycles. The van der Waals surface area contributed by atoms with Crippen molar-refractivity contribution in [3.63, 3.8) is 0 Å². The minimum atomic E-state index is -0.0542. The molecule has 3 atom stereocenters. The van der Waals surface area contributed by atoms with Crippen LogP contribution in [0.15, 0.2) is 24.3 Å². The second-order valence-electron chi connectivity index (χ2n) is 5.88. The van der Waals surface area contributed by atoms with Gasteiger partial charge in [-0.25, -0.2) is 0 Å². The van der Waals surface area contributed by atoms with Gasteiger partial charge in [0.1, 0.15) is 0 Å². The van der Waals surface area contributed by atoms with Crippen molar-refractivity contribution in [2.45, 2.75) is 50.7 Å². The van der Waals surface area contributed by atoms with Crippen LogP contribution in [-0.2, 0) is 6.42 Å². The molecule has 1 fully saturated rings. The second-order valence-corrected chi connectivity index (χ2v) is 5.88. The van der Waals surface area contributed by atoms with Crippen LogP contribution in [-0.4, -0.2) is 17.8 Å². The van der Waals surface area contributed by atoms with Gasteiger partial charge in [-0.1, -0.05) is 30.7 Å². The zero-order chi connectivity index (χ0) is 12.4.